The molecule has 0 aliphatic carbocycles. The van der Waals surface area contributed by atoms with Crippen molar-refractivity contribution in [2.75, 3.05) is 7.05 Å². The number of aromatic nitrogens is 2. The Labute approximate surface area is 109 Å². The topological polar surface area (TPSA) is 51.0 Å². The van der Waals surface area contributed by atoms with Gasteiger partial charge in [-0.25, -0.2) is 0 Å². The zero-order valence-electron chi connectivity index (χ0n) is 9.53. The molecule has 0 saturated heterocycles. The van der Waals surface area contributed by atoms with Crippen LogP contribution in [-0.2, 0) is 6.54 Å². The van der Waals surface area contributed by atoms with Crippen molar-refractivity contribution in [2.45, 2.75) is 23.6 Å². The van der Waals surface area contributed by atoms with Gasteiger partial charge in [-0.05, 0) is 36.5 Å². The van der Waals surface area contributed by atoms with Crippen LogP contribution < -0.4 is 5.32 Å². The summed E-state index contributed by atoms with van der Waals surface area (Å²) in [6.45, 7) is 2.47. The molecule has 1 heterocycles. The van der Waals surface area contributed by atoms with Gasteiger partial charge in [0.1, 0.15) is 0 Å². The summed E-state index contributed by atoms with van der Waals surface area (Å²) in [7, 11) is 1.88. The van der Waals surface area contributed by atoms with Gasteiger partial charge in [-0.2, -0.15) is 0 Å². The van der Waals surface area contributed by atoms with Gasteiger partial charge >= 0.3 is 0 Å². The van der Waals surface area contributed by atoms with E-state index in [2.05, 4.69) is 15.5 Å². The number of benzene rings is 1. The van der Waals surface area contributed by atoms with Crippen molar-refractivity contribution in [3.8, 4) is 0 Å². The Balaban J connectivity index is 2.28. The summed E-state index contributed by atoms with van der Waals surface area (Å²) in [4.78, 5) is 1.02. The molecular formula is C11H12ClN3OS. The summed E-state index contributed by atoms with van der Waals surface area (Å²) >= 11 is 7.58. The number of rotatable bonds is 4. The minimum absolute atomic E-state index is 0.530. The molecule has 0 spiro atoms. The van der Waals surface area contributed by atoms with Gasteiger partial charge in [0.2, 0.25) is 5.89 Å². The van der Waals surface area contributed by atoms with Crippen LogP contribution in [0.25, 0.3) is 0 Å². The first kappa shape index (κ1) is 12.4. The number of nitrogens with one attached hydrogen (secondary N) is 1. The van der Waals surface area contributed by atoms with E-state index in [9.17, 15) is 0 Å². The van der Waals surface area contributed by atoms with Crippen molar-refractivity contribution in [3.05, 3.63) is 34.7 Å². The van der Waals surface area contributed by atoms with E-state index in [1.54, 1.807) is 6.92 Å². The fourth-order valence-corrected chi connectivity index (χ4v) is 2.58. The van der Waals surface area contributed by atoms with Crippen LogP contribution in [0.1, 0.15) is 11.5 Å². The molecule has 0 saturated carbocycles. The standard InChI is InChI=1S/C11H12ClN3OS/c1-7-14-15-11(16-7)17-10-5-3-4-9(12)8(10)6-13-2/h3-5,13H,6H2,1-2H3. The third-order valence-corrected chi connectivity index (χ3v) is 3.43. The maximum absolute atomic E-state index is 6.16. The van der Waals surface area contributed by atoms with Gasteiger partial charge in [-0.1, -0.05) is 17.7 Å². The lowest BCUT2D eigenvalue weighted by atomic mass is 10.2. The number of hydrogen-bond acceptors (Lipinski definition) is 5. The lowest BCUT2D eigenvalue weighted by Crippen LogP contribution is -2.06. The van der Waals surface area contributed by atoms with E-state index < -0.39 is 0 Å². The third-order valence-electron chi connectivity index (χ3n) is 2.13. The molecule has 0 atom stereocenters. The average Bonchev–Trinajstić information content (AvgIpc) is 2.69. The Hall–Kier alpha value is -1.04. The van der Waals surface area contributed by atoms with Gasteiger partial charge in [0.25, 0.3) is 5.22 Å². The average molecular weight is 270 g/mol. The zero-order chi connectivity index (χ0) is 12.3. The van der Waals surface area contributed by atoms with Crippen LogP contribution in [0.2, 0.25) is 5.02 Å². The Morgan fingerprint density at radius 1 is 1.41 bits per heavy atom. The second kappa shape index (κ2) is 5.53. The first-order valence-electron chi connectivity index (χ1n) is 5.10. The van der Waals surface area contributed by atoms with E-state index >= 15 is 0 Å². The summed E-state index contributed by atoms with van der Waals surface area (Å²) in [6, 6.07) is 5.77. The first-order chi connectivity index (χ1) is 8.20. The lowest BCUT2D eigenvalue weighted by Gasteiger charge is -2.08. The first-order valence-corrected chi connectivity index (χ1v) is 6.30. The monoisotopic (exact) mass is 269 g/mol. The van der Waals surface area contributed by atoms with E-state index in [-0.39, 0.29) is 0 Å². The fraction of sp³-hybridized carbons (Fsp3) is 0.273. The highest BCUT2D eigenvalue weighted by molar-refractivity contribution is 7.99. The molecule has 1 aromatic heterocycles. The fourth-order valence-electron chi connectivity index (χ4n) is 1.40. The summed E-state index contributed by atoms with van der Waals surface area (Å²) in [6.07, 6.45) is 0. The minimum atomic E-state index is 0.530. The Morgan fingerprint density at radius 3 is 2.88 bits per heavy atom. The molecule has 0 unspecified atom stereocenters. The molecule has 0 amide bonds. The molecule has 0 aliphatic heterocycles. The molecule has 1 aromatic carbocycles. The van der Waals surface area contributed by atoms with Crippen LogP contribution >= 0.6 is 23.4 Å². The Bertz CT molecular complexity index is 515. The maximum Gasteiger partial charge on any atom is 0.281 e. The second-order valence-corrected chi connectivity index (χ2v) is 4.84. The number of halogens is 1. The van der Waals surface area contributed by atoms with Gasteiger partial charge in [0, 0.05) is 23.4 Å². The molecular weight excluding hydrogens is 258 g/mol. The molecule has 6 heteroatoms. The molecule has 2 rings (SSSR count). The van der Waals surface area contributed by atoms with Crippen molar-refractivity contribution >= 4 is 23.4 Å². The van der Waals surface area contributed by atoms with Gasteiger partial charge in [0.05, 0.1) is 0 Å². The predicted molar refractivity (Wildman–Crippen MR) is 67.4 cm³/mol. The SMILES string of the molecule is CNCc1c(Cl)cccc1Sc1nnc(C)o1. The molecule has 2 aromatic rings. The van der Waals surface area contributed by atoms with Crippen LogP contribution in [0, 0.1) is 6.92 Å². The van der Waals surface area contributed by atoms with Crippen molar-refractivity contribution < 1.29 is 4.42 Å². The highest BCUT2D eigenvalue weighted by Crippen LogP contribution is 2.32. The largest absolute Gasteiger partial charge is 0.416 e. The van der Waals surface area contributed by atoms with E-state index in [1.165, 1.54) is 11.8 Å². The molecule has 1 N–H and O–H groups in total. The molecule has 0 fully saturated rings. The molecule has 0 radical (unpaired) electrons. The molecule has 90 valence electrons. The molecule has 4 nitrogen and oxygen atoms in total. The molecule has 0 aliphatic rings. The van der Waals surface area contributed by atoms with Crippen molar-refractivity contribution in [2.24, 2.45) is 0 Å². The van der Waals surface area contributed by atoms with Gasteiger partial charge in [0.15, 0.2) is 0 Å². The third kappa shape index (κ3) is 3.00. The highest BCUT2D eigenvalue weighted by Gasteiger charge is 2.11. The van der Waals surface area contributed by atoms with Gasteiger partial charge < -0.3 is 9.73 Å². The summed E-state index contributed by atoms with van der Waals surface area (Å²) in [5, 5.41) is 12.1. The zero-order valence-corrected chi connectivity index (χ0v) is 11.1. The number of hydrogen-bond donors (Lipinski definition) is 1. The minimum Gasteiger partial charge on any atom is -0.416 e. The normalized spacial score (nSPS) is 10.8. The quantitative estimate of drug-likeness (QED) is 0.925. The van der Waals surface area contributed by atoms with E-state index in [4.69, 9.17) is 16.0 Å². The van der Waals surface area contributed by atoms with Crippen LogP contribution in [0.4, 0.5) is 0 Å². The van der Waals surface area contributed by atoms with E-state index in [0.717, 1.165) is 15.5 Å². The smallest absolute Gasteiger partial charge is 0.281 e. The van der Waals surface area contributed by atoms with Crippen LogP contribution in [0.15, 0.2) is 32.7 Å². The summed E-state index contributed by atoms with van der Waals surface area (Å²) in [5.41, 5.74) is 1.04. The second-order valence-electron chi connectivity index (χ2n) is 3.44. The van der Waals surface area contributed by atoms with E-state index in [1.807, 2.05) is 25.2 Å². The van der Waals surface area contributed by atoms with Crippen LogP contribution in [0.5, 0.6) is 0 Å². The van der Waals surface area contributed by atoms with Crippen molar-refractivity contribution in [1.82, 2.24) is 15.5 Å². The number of aryl methyl sites for hydroxylation is 1. The lowest BCUT2D eigenvalue weighted by molar-refractivity contribution is 0.429. The van der Waals surface area contributed by atoms with E-state index in [0.29, 0.717) is 17.7 Å². The summed E-state index contributed by atoms with van der Waals surface area (Å²) < 4.78 is 5.34. The predicted octanol–water partition coefficient (Wildman–Crippen LogP) is 2.90. The molecule has 0 bridgehead atoms. The highest BCUT2D eigenvalue weighted by atomic mass is 35.5. The Morgan fingerprint density at radius 2 is 2.24 bits per heavy atom. The van der Waals surface area contributed by atoms with Crippen molar-refractivity contribution in [1.29, 1.82) is 0 Å². The van der Waals surface area contributed by atoms with Crippen LogP contribution in [0.3, 0.4) is 0 Å². The van der Waals surface area contributed by atoms with Crippen LogP contribution in [-0.4, -0.2) is 17.2 Å². The Kier molecular flexibility index (Phi) is 4.04. The molecule has 17 heavy (non-hydrogen) atoms. The summed E-state index contributed by atoms with van der Waals surface area (Å²) in [5.74, 6) is 0.560. The number of nitrogens with zero attached hydrogens (tertiary/aromatic N) is 2. The van der Waals surface area contributed by atoms with Gasteiger partial charge in [-0.15, -0.1) is 10.2 Å². The maximum atomic E-state index is 6.16. The van der Waals surface area contributed by atoms with Crippen molar-refractivity contribution in [3.63, 3.8) is 0 Å². The van der Waals surface area contributed by atoms with Gasteiger partial charge in [-0.3, -0.25) is 0 Å².